The molecule has 0 radical (unpaired) electrons. The smallest absolute Gasteiger partial charge is 0.393 e. The van der Waals surface area contributed by atoms with Gasteiger partial charge in [0.1, 0.15) is 5.75 Å². The van der Waals surface area contributed by atoms with E-state index in [1.807, 2.05) is 5.32 Å². The number of rotatable bonds is 8. The SMILES string of the molecule is O=C(O)CC[C@@H](CNC(=O)c1ccc(OC(F)F)cc1)C(F)(F)F. The number of carbonyl (C=O) groups is 2. The Morgan fingerprint density at radius 2 is 1.75 bits per heavy atom. The van der Waals surface area contributed by atoms with Gasteiger partial charge >= 0.3 is 18.8 Å². The highest BCUT2D eigenvalue weighted by Gasteiger charge is 2.39. The summed E-state index contributed by atoms with van der Waals surface area (Å²) in [6.07, 6.45) is -6.00. The first-order chi connectivity index (χ1) is 11.1. The molecular weight excluding hydrogens is 341 g/mol. The monoisotopic (exact) mass is 355 g/mol. The Bertz CT molecular complexity index is 559. The maximum atomic E-state index is 12.8. The van der Waals surface area contributed by atoms with Crippen molar-refractivity contribution in [3.05, 3.63) is 29.8 Å². The van der Waals surface area contributed by atoms with Crippen molar-refractivity contribution in [2.45, 2.75) is 25.6 Å². The van der Waals surface area contributed by atoms with Gasteiger partial charge in [0.25, 0.3) is 5.91 Å². The lowest BCUT2D eigenvalue weighted by Gasteiger charge is -2.20. The molecular formula is C14H14F5NO4. The molecule has 0 heterocycles. The zero-order valence-electron chi connectivity index (χ0n) is 12.1. The predicted molar refractivity (Wildman–Crippen MR) is 71.8 cm³/mol. The third kappa shape index (κ3) is 6.80. The Hall–Kier alpha value is -2.39. The Morgan fingerprint density at radius 3 is 2.21 bits per heavy atom. The standard InChI is InChI=1S/C14H14F5NO4/c15-13(16)24-10-4-1-8(2-5-10)12(23)20-7-9(14(17,18)19)3-6-11(21)22/h1-2,4-5,9,13H,3,6-7H2,(H,20,23)(H,21,22)/t9-/m0/s1. The van der Waals surface area contributed by atoms with Crippen molar-refractivity contribution < 1.29 is 41.4 Å². The van der Waals surface area contributed by atoms with E-state index in [0.29, 0.717) is 0 Å². The molecule has 1 atom stereocenters. The number of carboxylic acid groups (broad SMARTS) is 1. The number of hydrogen-bond donors (Lipinski definition) is 2. The molecule has 0 unspecified atom stereocenters. The summed E-state index contributed by atoms with van der Waals surface area (Å²) in [6.45, 7) is -3.82. The van der Waals surface area contributed by atoms with Crippen LogP contribution in [-0.2, 0) is 4.79 Å². The van der Waals surface area contributed by atoms with Crippen LogP contribution in [0.1, 0.15) is 23.2 Å². The molecule has 0 aromatic heterocycles. The average Bonchev–Trinajstić information content (AvgIpc) is 2.45. The molecule has 0 bridgehead atoms. The minimum atomic E-state index is -4.66. The van der Waals surface area contributed by atoms with Crippen molar-refractivity contribution >= 4 is 11.9 Å². The number of carboxylic acids is 1. The molecule has 0 aliphatic heterocycles. The van der Waals surface area contributed by atoms with E-state index in [9.17, 15) is 31.5 Å². The first-order valence-corrected chi connectivity index (χ1v) is 6.71. The molecule has 0 aliphatic carbocycles. The first kappa shape index (κ1) is 19.7. The van der Waals surface area contributed by atoms with Gasteiger partial charge < -0.3 is 15.2 Å². The van der Waals surface area contributed by atoms with Crippen molar-refractivity contribution in [2.24, 2.45) is 5.92 Å². The Morgan fingerprint density at radius 1 is 1.17 bits per heavy atom. The van der Waals surface area contributed by atoms with Gasteiger partial charge in [0.05, 0.1) is 5.92 Å². The first-order valence-electron chi connectivity index (χ1n) is 6.71. The zero-order chi connectivity index (χ0) is 18.3. The summed E-state index contributed by atoms with van der Waals surface area (Å²) < 4.78 is 66.3. The van der Waals surface area contributed by atoms with Crippen LogP contribution in [0.2, 0.25) is 0 Å². The summed E-state index contributed by atoms with van der Waals surface area (Å²) in [7, 11) is 0. The molecule has 1 rings (SSSR count). The van der Waals surface area contributed by atoms with Gasteiger partial charge in [-0.15, -0.1) is 0 Å². The Labute approximate surface area is 133 Å². The van der Waals surface area contributed by atoms with Gasteiger partial charge in [0, 0.05) is 18.5 Å². The van der Waals surface area contributed by atoms with Gasteiger partial charge in [0.2, 0.25) is 0 Å². The van der Waals surface area contributed by atoms with Crippen LogP contribution in [0.3, 0.4) is 0 Å². The molecule has 10 heteroatoms. The van der Waals surface area contributed by atoms with E-state index >= 15 is 0 Å². The van der Waals surface area contributed by atoms with Crippen LogP contribution in [0.4, 0.5) is 22.0 Å². The minimum Gasteiger partial charge on any atom is -0.481 e. The van der Waals surface area contributed by atoms with Crippen LogP contribution in [0.5, 0.6) is 5.75 Å². The van der Waals surface area contributed by atoms with Crippen LogP contribution >= 0.6 is 0 Å². The van der Waals surface area contributed by atoms with Crippen molar-refractivity contribution in [3.63, 3.8) is 0 Å². The van der Waals surface area contributed by atoms with Crippen LogP contribution < -0.4 is 10.1 Å². The molecule has 1 amide bonds. The van der Waals surface area contributed by atoms with E-state index in [-0.39, 0.29) is 11.3 Å². The average molecular weight is 355 g/mol. The van der Waals surface area contributed by atoms with Crippen molar-refractivity contribution in [1.29, 1.82) is 0 Å². The van der Waals surface area contributed by atoms with Gasteiger partial charge in [0.15, 0.2) is 0 Å². The van der Waals surface area contributed by atoms with Crippen LogP contribution in [-0.4, -0.2) is 36.3 Å². The summed E-state index contributed by atoms with van der Waals surface area (Å²) in [5.41, 5.74) is -0.0456. The Balaban J connectivity index is 2.63. The molecule has 0 spiro atoms. The van der Waals surface area contributed by atoms with Crippen LogP contribution in [0, 0.1) is 5.92 Å². The molecule has 0 aliphatic rings. The van der Waals surface area contributed by atoms with E-state index in [1.165, 1.54) is 0 Å². The molecule has 0 saturated heterocycles. The van der Waals surface area contributed by atoms with E-state index in [4.69, 9.17) is 5.11 Å². The van der Waals surface area contributed by atoms with Gasteiger partial charge in [-0.1, -0.05) is 0 Å². The van der Waals surface area contributed by atoms with Gasteiger partial charge in [-0.2, -0.15) is 22.0 Å². The summed E-state index contributed by atoms with van der Waals surface area (Å²) in [4.78, 5) is 22.1. The summed E-state index contributed by atoms with van der Waals surface area (Å²) in [5, 5.41) is 10.5. The van der Waals surface area contributed by atoms with Gasteiger partial charge in [-0.25, -0.2) is 0 Å². The normalized spacial score (nSPS) is 12.8. The fourth-order valence-electron chi connectivity index (χ4n) is 1.78. The molecule has 24 heavy (non-hydrogen) atoms. The lowest BCUT2D eigenvalue weighted by atomic mass is 10.0. The van der Waals surface area contributed by atoms with E-state index in [2.05, 4.69) is 4.74 Å². The zero-order valence-corrected chi connectivity index (χ0v) is 12.1. The lowest BCUT2D eigenvalue weighted by molar-refractivity contribution is -0.175. The number of halogens is 5. The maximum Gasteiger partial charge on any atom is 0.393 e. The number of ether oxygens (including phenoxy) is 1. The molecule has 134 valence electrons. The Kier molecular flexibility index (Phi) is 6.93. The number of benzene rings is 1. The van der Waals surface area contributed by atoms with E-state index in [0.717, 1.165) is 24.3 Å². The topological polar surface area (TPSA) is 75.6 Å². The minimum absolute atomic E-state index is 0.0456. The van der Waals surface area contributed by atoms with Crippen LogP contribution in [0.25, 0.3) is 0 Å². The number of alkyl halides is 5. The fraction of sp³-hybridized carbons (Fsp3) is 0.429. The fourth-order valence-corrected chi connectivity index (χ4v) is 1.78. The van der Waals surface area contributed by atoms with Crippen molar-refractivity contribution in [3.8, 4) is 5.75 Å². The second-order valence-corrected chi connectivity index (χ2v) is 4.78. The predicted octanol–water partition coefficient (Wildman–Crippen LogP) is 3.06. The number of aliphatic carboxylic acids is 1. The quantitative estimate of drug-likeness (QED) is 0.703. The number of amides is 1. The molecule has 1 aromatic rings. The largest absolute Gasteiger partial charge is 0.481 e. The summed E-state index contributed by atoms with van der Waals surface area (Å²) in [6, 6.07) is 4.39. The van der Waals surface area contributed by atoms with Crippen molar-refractivity contribution in [1.82, 2.24) is 5.32 Å². The number of nitrogens with one attached hydrogen (secondary N) is 1. The highest BCUT2D eigenvalue weighted by Crippen LogP contribution is 2.29. The van der Waals surface area contributed by atoms with Gasteiger partial charge in [-0.3, -0.25) is 9.59 Å². The number of carbonyl (C=O) groups excluding carboxylic acids is 1. The van der Waals surface area contributed by atoms with E-state index < -0.39 is 50.0 Å². The second kappa shape index (κ2) is 8.46. The van der Waals surface area contributed by atoms with Crippen molar-refractivity contribution in [2.75, 3.05) is 6.54 Å². The maximum absolute atomic E-state index is 12.8. The molecule has 0 saturated carbocycles. The highest BCUT2D eigenvalue weighted by molar-refractivity contribution is 5.94. The van der Waals surface area contributed by atoms with Gasteiger partial charge in [-0.05, 0) is 30.7 Å². The lowest BCUT2D eigenvalue weighted by Crippen LogP contribution is -2.36. The summed E-state index contributed by atoms with van der Waals surface area (Å²) in [5.74, 6) is -4.41. The van der Waals surface area contributed by atoms with Crippen LogP contribution in [0.15, 0.2) is 24.3 Å². The third-order valence-corrected chi connectivity index (χ3v) is 3.02. The molecule has 2 N–H and O–H groups in total. The molecule has 1 aromatic carbocycles. The summed E-state index contributed by atoms with van der Waals surface area (Å²) >= 11 is 0. The van der Waals surface area contributed by atoms with E-state index in [1.54, 1.807) is 0 Å². The third-order valence-electron chi connectivity index (χ3n) is 3.02. The highest BCUT2D eigenvalue weighted by atomic mass is 19.4. The molecule has 5 nitrogen and oxygen atoms in total. The second-order valence-electron chi connectivity index (χ2n) is 4.78. The molecule has 0 fully saturated rings. The number of hydrogen-bond acceptors (Lipinski definition) is 3.